The molecule has 0 amide bonds. The SMILES string of the molecule is O=[N+]([O-])c1cccc(NCc2ccccc2)c1. The predicted octanol–water partition coefficient (Wildman–Crippen LogP) is 3.21. The van der Waals surface area contributed by atoms with Gasteiger partial charge in [-0.1, -0.05) is 36.4 Å². The van der Waals surface area contributed by atoms with Crippen molar-refractivity contribution in [3.8, 4) is 0 Å². The quantitative estimate of drug-likeness (QED) is 0.645. The summed E-state index contributed by atoms with van der Waals surface area (Å²) < 4.78 is 0. The van der Waals surface area contributed by atoms with Crippen molar-refractivity contribution in [2.75, 3.05) is 5.32 Å². The lowest BCUT2D eigenvalue weighted by atomic mass is 10.2. The maximum absolute atomic E-state index is 10.6. The molecular weight excluding hydrogens is 216 g/mol. The number of rotatable bonds is 4. The Morgan fingerprint density at radius 1 is 1.06 bits per heavy atom. The Morgan fingerprint density at radius 2 is 1.82 bits per heavy atom. The average Bonchev–Trinajstić information content (AvgIpc) is 2.38. The molecule has 0 aliphatic rings. The van der Waals surface area contributed by atoms with E-state index in [-0.39, 0.29) is 5.69 Å². The van der Waals surface area contributed by atoms with E-state index < -0.39 is 4.92 Å². The first-order valence-electron chi connectivity index (χ1n) is 5.28. The van der Waals surface area contributed by atoms with E-state index in [0.29, 0.717) is 6.54 Å². The van der Waals surface area contributed by atoms with Crippen LogP contribution in [0.25, 0.3) is 0 Å². The van der Waals surface area contributed by atoms with Gasteiger partial charge < -0.3 is 5.32 Å². The Morgan fingerprint density at radius 3 is 2.53 bits per heavy atom. The summed E-state index contributed by atoms with van der Waals surface area (Å²) in [5.41, 5.74) is 1.99. The van der Waals surface area contributed by atoms with Crippen LogP contribution in [0.1, 0.15) is 5.56 Å². The van der Waals surface area contributed by atoms with Gasteiger partial charge in [-0.2, -0.15) is 0 Å². The number of hydrogen-bond acceptors (Lipinski definition) is 3. The van der Waals surface area contributed by atoms with Crippen molar-refractivity contribution in [2.24, 2.45) is 0 Å². The van der Waals surface area contributed by atoms with Gasteiger partial charge >= 0.3 is 0 Å². The van der Waals surface area contributed by atoms with Crippen LogP contribution in [-0.2, 0) is 6.54 Å². The Labute approximate surface area is 99.1 Å². The topological polar surface area (TPSA) is 55.2 Å². The second kappa shape index (κ2) is 5.12. The molecule has 0 unspecified atom stereocenters. The minimum atomic E-state index is -0.395. The number of non-ortho nitro benzene ring substituents is 1. The Bertz CT molecular complexity index is 512. The van der Waals surface area contributed by atoms with Gasteiger partial charge in [-0.05, 0) is 11.6 Å². The third-order valence-electron chi connectivity index (χ3n) is 2.40. The number of hydrogen-bond donors (Lipinski definition) is 1. The first-order valence-corrected chi connectivity index (χ1v) is 5.28. The van der Waals surface area contributed by atoms with Gasteiger partial charge in [0.15, 0.2) is 0 Å². The van der Waals surface area contributed by atoms with Crippen molar-refractivity contribution in [3.05, 3.63) is 70.3 Å². The van der Waals surface area contributed by atoms with Crippen LogP contribution in [0.5, 0.6) is 0 Å². The zero-order chi connectivity index (χ0) is 12.1. The molecule has 0 atom stereocenters. The van der Waals surface area contributed by atoms with Gasteiger partial charge in [-0.25, -0.2) is 0 Å². The highest BCUT2D eigenvalue weighted by Crippen LogP contribution is 2.17. The van der Waals surface area contributed by atoms with Crippen molar-refractivity contribution in [1.29, 1.82) is 0 Å². The maximum atomic E-state index is 10.6. The van der Waals surface area contributed by atoms with E-state index in [1.165, 1.54) is 12.1 Å². The van der Waals surface area contributed by atoms with Crippen molar-refractivity contribution in [2.45, 2.75) is 6.54 Å². The standard InChI is InChI=1S/C13H12N2O2/c16-15(17)13-8-4-7-12(9-13)14-10-11-5-2-1-3-6-11/h1-9,14H,10H2. The molecule has 0 aromatic heterocycles. The second-order valence-corrected chi connectivity index (χ2v) is 3.65. The van der Waals surface area contributed by atoms with Gasteiger partial charge in [0.1, 0.15) is 0 Å². The molecule has 17 heavy (non-hydrogen) atoms. The number of nitro groups is 1. The van der Waals surface area contributed by atoms with Gasteiger partial charge in [0.25, 0.3) is 5.69 Å². The van der Waals surface area contributed by atoms with Crippen LogP contribution < -0.4 is 5.32 Å². The third-order valence-corrected chi connectivity index (χ3v) is 2.40. The monoisotopic (exact) mass is 228 g/mol. The number of benzene rings is 2. The number of anilines is 1. The van der Waals surface area contributed by atoms with Crippen LogP contribution in [0.4, 0.5) is 11.4 Å². The summed E-state index contributed by atoms with van der Waals surface area (Å²) in [5, 5.41) is 13.8. The van der Waals surface area contributed by atoms with E-state index in [1.54, 1.807) is 6.07 Å². The highest BCUT2D eigenvalue weighted by Gasteiger charge is 2.04. The molecule has 4 heteroatoms. The smallest absolute Gasteiger partial charge is 0.271 e. The van der Waals surface area contributed by atoms with Gasteiger partial charge in [0, 0.05) is 24.4 Å². The van der Waals surface area contributed by atoms with E-state index in [1.807, 2.05) is 36.4 Å². The van der Waals surface area contributed by atoms with Crippen LogP contribution in [0, 0.1) is 10.1 Å². The molecule has 0 heterocycles. The summed E-state index contributed by atoms with van der Waals surface area (Å²) in [7, 11) is 0. The first-order chi connectivity index (χ1) is 8.25. The zero-order valence-electron chi connectivity index (χ0n) is 9.17. The zero-order valence-corrected chi connectivity index (χ0v) is 9.17. The summed E-state index contributed by atoms with van der Waals surface area (Å²) in [6.45, 7) is 0.655. The summed E-state index contributed by atoms with van der Waals surface area (Å²) >= 11 is 0. The van der Waals surface area contributed by atoms with Crippen molar-refractivity contribution in [1.82, 2.24) is 0 Å². The molecule has 2 rings (SSSR count). The first kappa shape index (κ1) is 11.1. The van der Waals surface area contributed by atoms with Crippen molar-refractivity contribution < 1.29 is 4.92 Å². The average molecular weight is 228 g/mol. The van der Waals surface area contributed by atoms with Crippen molar-refractivity contribution in [3.63, 3.8) is 0 Å². The van der Waals surface area contributed by atoms with Gasteiger partial charge in [-0.15, -0.1) is 0 Å². The molecule has 0 spiro atoms. The normalized spacial score (nSPS) is 9.88. The van der Waals surface area contributed by atoms with Gasteiger partial charge in [0.05, 0.1) is 4.92 Å². The summed E-state index contributed by atoms with van der Waals surface area (Å²) in [4.78, 5) is 10.2. The van der Waals surface area contributed by atoms with E-state index in [9.17, 15) is 10.1 Å². The molecule has 0 saturated heterocycles. The maximum Gasteiger partial charge on any atom is 0.271 e. The van der Waals surface area contributed by atoms with Crippen molar-refractivity contribution >= 4 is 11.4 Å². The highest BCUT2D eigenvalue weighted by molar-refractivity contribution is 5.51. The van der Waals surface area contributed by atoms with Crippen LogP contribution in [0.2, 0.25) is 0 Å². The third kappa shape index (κ3) is 3.04. The van der Waals surface area contributed by atoms with E-state index >= 15 is 0 Å². The van der Waals surface area contributed by atoms with Gasteiger partial charge in [0.2, 0.25) is 0 Å². The minimum absolute atomic E-state index is 0.100. The molecule has 4 nitrogen and oxygen atoms in total. The molecule has 2 aromatic carbocycles. The number of nitrogens with zero attached hydrogens (tertiary/aromatic N) is 1. The Balaban J connectivity index is 2.04. The van der Waals surface area contributed by atoms with Crippen LogP contribution in [0.15, 0.2) is 54.6 Å². The molecule has 0 aliphatic heterocycles. The molecule has 0 bridgehead atoms. The fourth-order valence-corrected chi connectivity index (χ4v) is 1.53. The Hall–Kier alpha value is -2.36. The number of nitro benzene ring substituents is 1. The fourth-order valence-electron chi connectivity index (χ4n) is 1.53. The molecule has 1 N–H and O–H groups in total. The second-order valence-electron chi connectivity index (χ2n) is 3.65. The summed E-state index contributed by atoms with van der Waals surface area (Å²) in [6, 6.07) is 16.4. The molecule has 86 valence electrons. The summed E-state index contributed by atoms with van der Waals surface area (Å²) in [6.07, 6.45) is 0. The molecule has 0 radical (unpaired) electrons. The lowest BCUT2D eigenvalue weighted by molar-refractivity contribution is -0.384. The lowest BCUT2D eigenvalue weighted by Gasteiger charge is -2.05. The van der Waals surface area contributed by atoms with Crippen LogP contribution in [0.3, 0.4) is 0 Å². The lowest BCUT2D eigenvalue weighted by Crippen LogP contribution is -1.99. The molecular formula is C13H12N2O2. The molecule has 0 aliphatic carbocycles. The van der Waals surface area contributed by atoms with E-state index in [0.717, 1.165) is 11.3 Å². The van der Waals surface area contributed by atoms with E-state index in [4.69, 9.17) is 0 Å². The summed E-state index contributed by atoms with van der Waals surface area (Å²) in [5.74, 6) is 0. The molecule has 0 saturated carbocycles. The van der Waals surface area contributed by atoms with E-state index in [2.05, 4.69) is 5.32 Å². The van der Waals surface area contributed by atoms with Crippen LogP contribution >= 0.6 is 0 Å². The fraction of sp³-hybridized carbons (Fsp3) is 0.0769. The largest absolute Gasteiger partial charge is 0.381 e. The number of nitrogens with one attached hydrogen (secondary N) is 1. The highest BCUT2D eigenvalue weighted by atomic mass is 16.6. The predicted molar refractivity (Wildman–Crippen MR) is 66.9 cm³/mol. The minimum Gasteiger partial charge on any atom is -0.381 e. The molecule has 2 aromatic rings. The molecule has 0 fully saturated rings. The van der Waals surface area contributed by atoms with Gasteiger partial charge in [-0.3, -0.25) is 10.1 Å². The van der Waals surface area contributed by atoms with Crippen LogP contribution in [-0.4, -0.2) is 4.92 Å². The Kier molecular flexibility index (Phi) is 3.35.